The summed E-state index contributed by atoms with van der Waals surface area (Å²) >= 11 is 1.62. The van der Waals surface area contributed by atoms with E-state index in [1.165, 1.54) is 0 Å². The molecule has 3 aromatic rings. The van der Waals surface area contributed by atoms with Crippen LogP contribution >= 0.6 is 11.3 Å². The highest BCUT2D eigenvalue weighted by Gasteiger charge is 2.06. The van der Waals surface area contributed by atoms with E-state index >= 15 is 0 Å². The van der Waals surface area contributed by atoms with Gasteiger partial charge in [-0.25, -0.2) is 4.98 Å². The van der Waals surface area contributed by atoms with Crippen molar-refractivity contribution in [1.29, 1.82) is 0 Å². The van der Waals surface area contributed by atoms with Gasteiger partial charge in [0.15, 0.2) is 0 Å². The number of fused-ring (bicyclic) bond motifs is 1. The van der Waals surface area contributed by atoms with Crippen LogP contribution in [0.1, 0.15) is 5.56 Å². The van der Waals surface area contributed by atoms with Crippen molar-refractivity contribution in [3.05, 3.63) is 48.0 Å². The Labute approximate surface area is 109 Å². The molecule has 0 unspecified atom stereocenters. The van der Waals surface area contributed by atoms with Gasteiger partial charge in [-0.1, -0.05) is 6.07 Å². The summed E-state index contributed by atoms with van der Waals surface area (Å²) in [5.74, 6) is 0. The van der Waals surface area contributed by atoms with Gasteiger partial charge in [-0.15, -0.1) is 11.3 Å². The second-order valence-corrected chi connectivity index (χ2v) is 5.13. The van der Waals surface area contributed by atoms with Crippen LogP contribution in [0.5, 0.6) is 0 Å². The van der Waals surface area contributed by atoms with Crippen LogP contribution < -0.4 is 5.73 Å². The Morgan fingerprint density at radius 2 is 1.89 bits per heavy atom. The first-order chi connectivity index (χ1) is 8.76. The number of thiazole rings is 1. The van der Waals surface area contributed by atoms with Crippen molar-refractivity contribution >= 4 is 27.2 Å². The average molecular weight is 256 g/mol. The number of anilines is 1. The van der Waals surface area contributed by atoms with Gasteiger partial charge in [-0.05, 0) is 42.0 Å². The van der Waals surface area contributed by atoms with E-state index in [0.29, 0.717) is 0 Å². The minimum atomic E-state index is 0.0606. The Morgan fingerprint density at radius 3 is 2.61 bits per heavy atom. The molecule has 0 aliphatic carbocycles. The number of aromatic nitrogens is 1. The fourth-order valence-corrected chi connectivity index (χ4v) is 2.85. The number of aliphatic hydroxyl groups is 1. The Kier molecular flexibility index (Phi) is 2.74. The van der Waals surface area contributed by atoms with Crippen molar-refractivity contribution in [2.45, 2.75) is 6.61 Å². The van der Waals surface area contributed by atoms with Crippen LogP contribution in [0.25, 0.3) is 20.8 Å². The minimum Gasteiger partial charge on any atom is -0.399 e. The molecule has 0 saturated carbocycles. The van der Waals surface area contributed by atoms with Crippen molar-refractivity contribution in [1.82, 2.24) is 4.98 Å². The number of nitrogen functional groups attached to an aromatic ring is 1. The molecule has 0 aliphatic rings. The number of hydrogen-bond donors (Lipinski definition) is 2. The lowest BCUT2D eigenvalue weighted by atomic mass is 10.2. The van der Waals surface area contributed by atoms with Crippen LogP contribution in [-0.4, -0.2) is 10.1 Å². The maximum Gasteiger partial charge on any atom is 0.124 e. The highest BCUT2D eigenvalue weighted by atomic mass is 32.1. The van der Waals surface area contributed by atoms with E-state index in [-0.39, 0.29) is 6.61 Å². The zero-order valence-corrected chi connectivity index (χ0v) is 10.4. The van der Waals surface area contributed by atoms with Gasteiger partial charge in [0.1, 0.15) is 5.01 Å². The molecule has 4 heteroatoms. The molecule has 3 nitrogen and oxygen atoms in total. The zero-order valence-electron chi connectivity index (χ0n) is 9.63. The molecule has 0 fully saturated rings. The zero-order chi connectivity index (χ0) is 12.5. The third-order valence-electron chi connectivity index (χ3n) is 2.79. The third kappa shape index (κ3) is 1.96. The van der Waals surface area contributed by atoms with Gasteiger partial charge in [0, 0.05) is 11.3 Å². The summed E-state index contributed by atoms with van der Waals surface area (Å²) in [6.45, 7) is 0.0606. The van der Waals surface area contributed by atoms with E-state index in [0.717, 1.165) is 32.0 Å². The van der Waals surface area contributed by atoms with E-state index in [9.17, 15) is 0 Å². The van der Waals surface area contributed by atoms with Gasteiger partial charge in [-0.2, -0.15) is 0 Å². The molecule has 0 saturated heterocycles. The first-order valence-corrected chi connectivity index (χ1v) is 6.44. The maximum absolute atomic E-state index is 9.12. The van der Waals surface area contributed by atoms with Crippen LogP contribution in [0.15, 0.2) is 42.5 Å². The number of benzene rings is 2. The van der Waals surface area contributed by atoms with Crippen molar-refractivity contribution < 1.29 is 5.11 Å². The lowest BCUT2D eigenvalue weighted by molar-refractivity contribution is 0.282. The minimum absolute atomic E-state index is 0.0606. The van der Waals surface area contributed by atoms with E-state index in [2.05, 4.69) is 4.98 Å². The molecule has 0 radical (unpaired) electrons. The van der Waals surface area contributed by atoms with E-state index in [4.69, 9.17) is 10.8 Å². The van der Waals surface area contributed by atoms with Gasteiger partial charge in [0.2, 0.25) is 0 Å². The Balaban J connectivity index is 2.10. The van der Waals surface area contributed by atoms with Gasteiger partial charge in [-0.3, -0.25) is 0 Å². The monoisotopic (exact) mass is 256 g/mol. The molecule has 3 N–H and O–H groups in total. The van der Waals surface area contributed by atoms with E-state index < -0.39 is 0 Å². The molecule has 3 rings (SSSR count). The molecule has 0 bridgehead atoms. The van der Waals surface area contributed by atoms with E-state index in [1.54, 1.807) is 11.3 Å². The lowest BCUT2D eigenvalue weighted by Crippen LogP contribution is -1.83. The van der Waals surface area contributed by atoms with Crippen molar-refractivity contribution in [2.24, 2.45) is 0 Å². The van der Waals surface area contributed by atoms with Gasteiger partial charge in [0.05, 0.1) is 16.8 Å². The van der Waals surface area contributed by atoms with E-state index in [1.807, 2.05) is 42.5 Å². The summed E-state index contributed by atoms with van der Waals surface area (Å²) in [5, 5.41) is 10.1. The molecule has 0 atom stereocenters. The summed E-state index contributed by atoms with van der Waals surface area (Å²) in [6.07, 6.45) is 0. The first kappa shape index (κ1) is 11.2. The summed E-state index contributed by atoms with van der Waals surface area (Å²) in [4.78, 5) is 4.58. The SMILES string of the molecule is Nc1ccc(-c2nc3ccc(CO)cc3s2)cc1. The lowest BCUT2D eigenvalue weighted by Gasteiger charge is -1.95. The van der Waals surface area contributed by atoms with Crippen LogP contribution in [0.2, 0.25) is 0 Å². The Hall–Kier alpha value is -1.91. The van der Waals surface area contributed by atoms with Crippen LogP contribution in [0.4, 0.5) is 5.69 Å². The molecule has 2 aromatic carbocycles. The highest BCUT2D eigenvalue weighted by molar-refractivity contribution is 7.21. The quantitative estimate of drug-likeness (QED) is 0.693. The van der Waals surface area contributed by atoms with Crippen molar-refractivity contribution in [3.63, 3.8) is 0 Å². The Morgan fingerprint density at radius 1 is 1.11 bits per heavy atom. The first-order valence-electron chi connectivity index (χ1n) is 5.62. The number of aliphatic hydroxyl groups excluding tert-OH is 1. The average Bonchev–Trinajstić information content (AvgIpc) is 2.82. The molecule has 90 valence electrons. The molecular weight excluding hydrogens is 244 g/mol. The summed E-state index contributed by atoms with van der Waals surface area (Å²) in [7, 11) is 0. The molecule has 1 aromatic heterocycles. The summed E-state index contributed by atoms with van der Waals surface area (Å²) in [6, 6.07) is 13.5. The smallest absolute Gasteiger partial charge is 0.124 e. The van der Waals surface area contributed by atoms with Crippen LogP contribution in [0.3, 0.4) is 0 Å². The van der Waals surface area contributed by atoms with Gasteiger partial charge >= 0.3 is 0 Å². The van der Waals surface area contributed by atoms with Crippen molar-refractivity contribution in [3.8, 4) is 10.6 Å². The molecule has 0 spiro atoms. The fraction of sp³-hybridized carbons (Fsp3) is 0.0714. The number of hydrogen-bond acceptors (Lipinski definition) is 4. The standard InChI is InChI=1S/C14H12N2OS/c15-11-4-2-10(3-5-11)14-16-12-6-1-9(8-17)7-13(12)18-14/h1-7,17H,8,15H2. The second-order valence-electron chi connectivity index (χ2n) is 4.10. The fourth-order valence-electron chi connectivity index (χ4n) is 1.82. The van der Waals surface area contributed by atoms with Crippen LogP contribution in [0, 0.1) is 0 Å². The predicted molar refractivity (Wildman–Crippen MR) is 75.4 cm³/mol. The van der Waals surface area contributed by atoms with Gasteiger partial charge < -0.3 is 10.8 Å². The normalized spacial score (nSPS) is 10.9. The molecule has 0 amide bonds. The second kappa shape index (κ2) is 4.40. The largest absolute Gasteiger partial charge is 0.399 e. The topological polar surface area (TPSA) is 59.1 Å². The molecule has 1 heterocycles. The number of rotatable bonds is 2. The van der Waals surface area contributed by atoms with Crippen LogP contribution in [-0.2, 0) is 6.61 Å². The molecule has 0 aliphatic heterocycles. The highest BCUT2D eigenvalue weighted by Crippen LogP contribution is 2.31. The Bertz CT molecular complexity index is 689. The summed E-state index contributed by atoms with van der Waals surface area (Å²) in [5.41, 5.74) is 9.37. The maximum atomic E-state index is 9.12. The third-order valence-corrected chi connectivity index (χ3v) is 3.86. The molecular formula is C14H12N2OS. The summed E-state index contributed by atoms with van der Waals surface area (Å²) < 4.78 is 1.09. The van der Waals surface area contributed by atoms with Gasteiger partial charge in [0.25, 0.3) is 0 Å². The molecule has 18 heavy (non-hydrogen) atoms. The number of nitrogens with zero attached hydrogens (tertiary/aromatic N) is 1. The van der Waals surface area contributed by atoms with Crippen molar-refractivity contribution in [2.75, 3.05) is 5.73 Å². The number of nitrogens with two attached hydrogens (primary N) is 1. The predicted octanol–water partition coefficient (Wildman–Crippen LogP) is 3.04.